The number of hydrogen-bond donors (Lipinski definition) is 2. The van der Waals surface area contributed by atoms with Crippen molar-refractivity contribution in [2.75, 3.05) is 11.5 Å². The number of amides is 1. The average Bonchev–Trinajstić information content (AvgIpc) is 3.27. The van der Waals surface area contributed by atoms with Crippen molar-refractivity contribution in [1.82, 2.24) is 0 Å². The van der Waals surface area contributed by atoms with Gasteiger partial charge < -0.3 is 19.7 Å². The number of rotatable bonds is 8. The molecule has 0 bridgehead atoms. The standard InChI is InChI=1S/C34H29NO7/c1-3-41-34(40)24-9-14-26(15-10-24)35-30(23-11-16-27(36)17-12-23)29(32(38)33(35)39)31(37)25-13-18-28(21(2)19-25)42-20-22-7-5-4-6-8-22/h4-19,30,36-37H,3,20H2,1-2H3/b31-29-. The molecule has 1 amide bonds. The Morgan fingerprint density at radius 1 is 0.881 bits per heavy atom. The van der Waals surface area contributed by atoms with Gasteiger partial charge in [0.1, 0.15) is 23.9 Å². The van der Waals surface area contributed by atoms with Crippen LogP contribution in [0.2, 0.25) is 0 Å². The zero-order valence-electron chi connectivity index (χ0n) is 23.1. The van der Waals surface area contributed by atoms with Crippen LogP contribution in [0, 0.1) is 6.92 Å². The van der Waals surface area contributed by atoms with E-state index in [2.05, 4.69) is 0 Å². The maximum absolute atomic E-state index is 13.5. The fraction of sp³-hybridized carbons (Fsp3) is 0.147. The van der Waals surface area contributed by atoms with Crippen LogP contribution in [0.3, 0.4) is 0 Å². The number of carbonyl (C=O) groups excluding carboxylic acids is 3. The predicted molar refractivity (Wildman–Crippen MR) is 157 cm³/mol. The number of aryl methyl sites for hydroxylation is 1. The van der Waals surface area contributed by atoms with Gasteiger partial charge in [0, 0.05) is 11.3 Å². The van der Waals surface area contributed by atoms with Gasteiger partial charge in [-0.15, -0.1) is 0 Å². The quantitative estimate of drug-likeness (QED) is 0.116. The summed E-state index contributed by atoms with van der Waals surface area (Å²) in [6, 6.07) is 26.0. The number of nitrogens with zero attached hydrogens (tertiary/aromatic N) is 1. The lowest BCUT2D eigenvalue weighted by Gasteiger charge is -2.25. The van der Waals surface area contributed by atoms with Crippen LogP contribution < -0.4 is 9.64 Å². The highest BCUT2D eigenvalue weighted by Gasteiger charge is 2.47. The molecule has 1 atom stereocenters. The normalized spacial score (nSPS) is 16.0. The lowest BCUT2D eigenvalue weighted by atomic mass is 9.94. The summed E-state index contributed by atoms with van der Waals surface area (Å²) in [7, 11) is 0. The number of carbonyl (C=O) groups is 3. The van der Waals surface area contributed by atoms with Crippen LogP contribution in [-0.4, -0.2) is 34.5 Å². The molecule has 2 N–H and O–H groups in total. The minimum absolute atomic E-state index is 0.0104. The molecule has 0 spiro atoms. The molecule has 5 rings (SSSR count). The molecule has 8 heteroatoms. The zero-order valence-corrected chi connectivity index (χ0v) is 23.1. The van der Waals surface area contributed by atoms with Crippen LogP contribution in [0.4, 0.5) is 5.69 Å². The number of anilines is 1. The van der Waals surface area contributed by atoms with Crippen molar-refractivity contribution < 1.29 is 34.1 Å². The average molecular weight is 564 g/mol. The Hall–Kier alpha value is -5.37. The van der Waals surface area contributed by atoms with Crippen LogP contribution in [0.15, 0.2) is 103 Å². The molecule has 4 aromatic rings. The zero-order chi connectivity index (χ0) is 29.8. The van der Waals surface area contributed by atoms with Crippen molar-refractivity contribution in [2.45, 2.75) is 26.5 Å². The number of esters is 1. The highest BCUT2D eigenvalue weighted by Crippen LogP contribution is 2.42. The Balaban J connectivity index is 1.53. The first-order chi connectivity index (χ1) is 20.3. The first-order valence-corrected chi connectivity index (χ1v) is 13.4. The fourth-order valence-corrected chi connectivity index (χ4v) is 4.89. The second-order valence-corrected chi connectivity index (χ2v) is 9.78. The van der Waals surface area contributed by atoms with Crippen LogP contribution in [0.5, 0.6) is 11.5 Å². The minimum atomic E-state index is -0.992. The molecule has 4 aromatic carbocycles. The second-order valence-electron chi connectivity index (χ2n) is 9.78. The van der Waals surface area contributed by atoms with Crippen LogP contribution in [0.25, 0.3) is 5.76 Å². The maximum atomic E-state index is 13.5. The molecule has 8 nitrogen and oxygen atoms in total. The molecular weight excluding hydrogens is 534 g/mol. The number of aliphatic hydroxyl groups is 1. The highest BCUT2D eigenvalue weighted by molar-refractivity contribution is 6.51. The monoisotopic (exact) mass is 563 g/mol. The molecule has 212 valence electrons. The number of aromatic hydroxyl groups is 1. The SMILES string of the molecule is CCOC(=O)c1ccc(N2C(=O)C(=O)/C(=C(\O)c3ccc(OCc4ccccc4)c(C)c3)C2c2ccc(O)cc2)cc1. The third-order valence-electron chi connectivity index (χ3n) is 7.00. The van der Waals surface area contributed by atoms with Crippen LogP contribution >= 0.6 is 0 Å². The van der Waals surface area contributed by atoms with Gasteiger partial charge in [0.2, 0.25) is 0 Å². The van der Waals surface area contributed by atoms with E-state index < -0.39 is 23.7 Å². The van der Waals surface area contributed by atoms with E-state index in [1.165, 1.54) is 29.2 Å². The first-order valence-electron chi connectivity index (χ1n) is 13.4. The van der Waals surface area contributed by atoms with Gasteiger partial charge in [0.25, 0.3) is 11.7 Å². The van der Waals surface area contributed by atoms with Crippen LogP contribution in [-0.2, 0) is 20.9 Å². The Labute approximate surface area is 243 Å². The molecule has 1 aliphatic heterocycles. The summed E-state index contributed by atoms with van der Waals surface area (Å²) in [6.45, 7) is 4.12. The number of benzene rings is 4. The lowest BCUT2D eigenvalue weighted by Crippen LogP contribution is -2.29. The van der Waals surface area contributed by atoms with Crippen molar-refractivity contribution in [3.63, 3.8) is 0 Å². The number of phenolic OH excluding ortho intramolecular Hbond substituents is 1. The number of aliphatic hydroxyl groups excluding tert-OH is 1. The Morgan fingerprint density at radius 2 is 1.55 bits per heavy atom. The molecule has 0 radical (unpaired) electrons. The Morgan fingerprint density at radius 3 is 2.19 bits per heavy atom. The number of hydrogen-bond acceptors (Lipinski definition) is 7. The summed E-state index contributed by atoms with van der Waals surface area (Å²) >= 11 is 0. The summed E-state index contributed by atoms with van der Waals surface area (Å²) in [6.07, 6.45) is 0. The van der Waals surface area contributed by atoms with Crippen molar-refractivity contribution in [3.05, 3.63) is 130 Å². The smallest absolute Gasteiger partial charge is 0.338 e. The summed E-state index contributed by atoms with van der Waals surface area (Å²) in [5, 5.41) is 21.4. The van der Waals surface area contributed by atoms with Crippen molar-refractivity contribution in [3.8, 4) is 11.5 Å². The summed E-state index contributed by atoms with van der Waals surface area (Å²) < 4.78 is 11.0. The minimum Gasteiger partial charge on any atom is -0.508 e. The number of ether oxygens (including phenoxy) is 2. The first kappa shape index (κ1) is 28.2. The maximum Gasteiger partial charge on any atom is 0.338 e. The van der Waals surface area contributed by atoms with E-state index in [0.717, 1.165) is 11.1 Å². The summed E-state index contributed by atoms with van der Waals surface area (Å²) in [5.41, 5.74) is 3.14. The molecular formula is C34H29NO7. The lowest BCUT2D eigenvalue weighted by molar-refractivity contribution is -0.132. The third-order valence-corrected chi connectivity index (χ3v) is 7.00. The topological polar surface area (TPSA) is 113 Å². The van der Waals surface area contributed by atoms with E-state index in [4.69, 9.17) is 9.47 Å². The Bertz CT molecular complexity index is 1660. The van der Waals surface area contributed by atoms with Gasteiger partial charge >= 0.3 is 5.97 Å². The van der Waals surface area contributed by atoms with Crippen LogP contribution in [0.1, 0.15) is 45.6 Å². The molecule has 1 unspecified atom stereocenters. The van der Waals surface area contributed by atoms with E-state index in [-0.39, 0.29) is 23.7 Å². The Kier molecular flexibility index (Phi) is 8.06. The van der Waals surface area contributed by atoms with Gasteiger partial charge in [-0.3, -0.25) is 14.5 Å². The molecule has 1 saturated heterocycles. The molecule has 1 heterocycles. The van der Waals surface area contributed by atoms with E-state index >= 15 is 0 Å². The fourth-order valence-electron chi connectivity index (χ4n) is 4.89. The molecule has 1 fully saturated rings. The van der Waals surface area contributed by atoms with Crippen molar-refractivity contribution in [2.24, 2.45) is 0 Å². The molecule has 42 heavy (non-hydrogen) atoms. The molecule has 0 aliphatic carbocycles. The van der Waals surface area contributed by atoms with Gasteiger partial charge in [-0.05, 0) is 85.1 Å². The van der Waals surface area contributed by atoms with Crippen molar-refractivity contribution in [1.29, 1.82) is 0 Å². The predicted octanol–water partition coefficient (Wildman–Crippen LogP) is 6.08. The van der Waals surface area contributed by atoms with Gasteiger partial charge in [-0.25, -0.2) is 4.79 Å². The highest BCUT2D eigenvalue weighted by atomic mass is 16.5. The second kappa shape index (κ2) is 12.0. The summed E-state index contributed by atoms with van der Waals surface area (Å²) in [4.78, 5) is 40.3. The largest absolute Gasteiger partial charge is 0.508 e. The molecule has 1 aliphatic rings. The van der Waals surface area contributed by atoms with E-state index in [1.54, 1.807) is 49.4 Å². The summed E-state index contributed by atoms with van der Waals surface area (Å²) in [5.74, 6) is -1.91. The van der Waals surface area contributed by atoms with Gasteiger partial charge in [-0.1, -0.05) is 42.5 Å². The molecule has 0 aromatic heterocycles. The number of ketones is 1. The van der Waals surface area contributed by atoms with E-state index in [1.807, 2.05) is 37.3 Å². The van der Waals surface area contributed by atoms with Gasteiger partial charge in [0.15, 0.2) is 0 Å². The van der Waals surface area contributed by atoms with E-state index in [0.29, 0.717) is 34.7 Å². The van der Waals surface area contributed by atoms with E-state index in [9.17, 15) is 24.6 Å². The van der Waals surface area contributed by atoms with Gasteiger partial charge in [-0.2, -0.15) is 0 Å². The molecule has 0 saturated carbocycles. The van der Waals surface area contributed by atoms with Crippen molar-refractivity contribution >= 4 is 29.1 Å². The third kappa shape index (κ3) is 5.60. The van der Waals surface area contributed by atoms with Gasteiger partial charge in [0.05, 0.1) is 23.8 Å². The number of phenols is 1. The number of Topliss-reactive ketones (excluding diaryl/α,β-unsaturated/α-hetero) is 1.